The van der Waals surface area contributed by atoms with Gasteiger partial charge in [-0.05, 0) is 68.8 Å². The maximum atomic E-state index is 15.2. The Morgan fingerprint density at radius 1 is 1.38 bits per heavy atom. The van der Waals surface area contributed by atoms with E-state index in [2.05, 4.69) is 54.6 Å². The van der Waals surface area contributed by atoms with Crippen molar-refractivity contribution in [1.29, 1.82) is 0 Å². The number of aromatic nitrogens is 7. The molecule has 2 aromatic heterocycles. The number of fused-ring (bicyclic) bond motifs is 1. The number of aryl methyl sites for hydroxylation is 1. The van der Waals surface area contributed by atoms with Crippen molar-refractivity contribution in [1.82, 2.24) is 34.9 Å². The molecule has 0 saturated carbocycles. The highest BCUT2D eigenvalue weighted by Gasteiger charge is 2.43. The molecular weight excluding hydrogens is 521 g/mol. The number of halogens is 1. The number of anilines is 3. The van der Waals surface area contributed by atoms with Crippen molar-refractivity contribution < 1.29 is 18.9 Å². The lowest BCUT2D eigenvalue weighted by atomic mass is 9.84. The SMILES string of the molecule is [C-]#[N+]c1cnc(Nc2cc(-n3nnn(C)[n+]3=O)c(OC[C@@H](C)O)cc2F)nc1N[C@@H]1C[C@@H]2CCCN2C(C)(C)C1. The van der Waals surface area contributed by atoms with E-state index < -0.39 is 11.9 Å². The van der Waals surface area contributed by atoms with Crippen molar-refractivity contribution in [2.75, 3.05) is 23.8 Å². The fraction of sp³-hybridized carbons (Fsp3) is 0.560. The van der Waals surface area contributed by atoms with Gasteiger partial charge in [-0.25, -0.2) is 19.2 Å². The summed E-state index contributed by atoms with van der Waals surface area (Å²) in [6, 6.07) is 2.99. The minimum Gasteiger partial charge on any atom is -0.488 e. The molecule has 2 fully saturated rings. The quantitative estimate of drug-likeness (QED) is 0.280. The highest BCUT2D eigenvalue weighted by Crippen LogP contribution is 2.39. The average Bonchev–Trinajstić information content (AvgIpc) is 3.51. The summed E-state index contributed by atoms with van der Waals surface area (Å²) in [5, 5.41) is 23.4. The van der Waals surface area contributed by atoms with Crippen molar-refractivity contribution in [3.63, 3.8) is 0 Å². The largest absolute Gasteiger partial charge is 0.488 e. The minimum absolute atomic E-state index is 0.0217. The average molecular weight is 555 g/mol. The lowest BCUT2D eigenvalue weighted by Gasteiger charge is -2.48. The number of nitrogens with zero attached hydrogens (tertiary/aromatic N) is 9. The zero-order valence-corrected chi connectivity index (χ0v) is 22.9. The van der Waals surface area contributed by atoms with E-state index in [1.54, 1.807) is 0 Å². The molecule has 0 radical (unpaired) electrons. The smallest absolute Gasteiger partial charge is 0.246 e. The third-order valence-electron chi connectivity index (χ3n) is 7.34. The molecule has 0 amide bonds. The molecule has 2 aliphatic heterocycles. The van der Waals surface area contributed by atoms with Crippen molar-refractivity contribution in [3.05, 3.63) is 40.5 Å². The molecule has 2 saturated heterocycles. The van der Waals surface area contributed by atoms with E-state index >= 15 is 4.39 Å². The Morgan fingerprint density at radius 3 is 2.88 bits per heavy atom. The van der Waals surface area contributed by atoms with Gasteiger partial charge >= 0.3 is 0 Å². The van der Waals surface area contributed by atoms with E-state index in [-0.39, 0.29) is 46.9 Å². The molecule has 3 N–H and O–H groups in total. The van der Waals surface area contributed by atoms with E-state index in [4.69, 9.17) is 11.3 Å². The number of hydrogen-bond acceptors (Lipinski definition) is 10. The van der Waals surface area contributed by atoms with Crippen LogP contribution in [0.15, 0.2) is 18.3 Å². The lowest BCUT2D eigenvalue weighted by molar-refractivity contribution is -0.675. The van der Waals surface area contributed by atoms with Crippen LogP contribution in [0.1, 0.15) is 46.5 Å². The molecule has 15 heteroatoms. The van der Waals surface area contributed by atoms with Crippen LogP contribution in [-0.4, -0.2) is 76.9 Å². The van der Waals surface area contributed by atoms with Gasteiger partial charge in [-0.2, -0.15) is 0 Å². The Kier molecular flexibility index (Phi) is 7.39. The summed E-state index contributed by atoms with van der Waals surface area (Å²) in [7, 11) is 1.40. The molecule has 14 nitrogen and oxygen atoms in total. The van der Waals surface area contributed by atoms with Crippen molar-refractivity contribution >= 4 is 23.1 Å². The predicted molar refractivity (Wildman–Crippen MR) is 143 cm³/mol. The lowest BCUT2D eigenvalue weighted by Crippen LogP contribution is -2.55. The number of aliphatic hydroxyl groups excluding tert-OH is 1. The summed E-state index contributed by atoms with van der Waals surface area (Å²) in [4.78, 5) is 29.2. The molecule has 0 spiro atoms. The summed E-state index contributed by atoms with van der Waals surface area (Å²) in [6.07, 6.45) is 4.74. The summed E-state index contributed by atoms with van der Waals surface area (Å²) in [5.41, 5.74) is 0.313. The standard InChI is InChI=1S/C25H33FN11O3/c1-15(38)14-40-22-10-18(26)19(11-21(22)36-33-32-34(5)37(36)39)30-24-28-13-20(27-4)23(31-24)29-16-9-17-7-6-8-35(17)25(2,3)12-16/h10-11,13,15-17,38H,6-9,12,14H2,1-3,5H3,(H2,28,29,30,31)/q+1/t15-,16-,17+/m1/s1. The van der Waals surface area contributed by atoms with E-state index in [0.717, 1.165) is 41.5 Å². The number of hydrogen-bond donors (Lipinski definition) is 3. The topological polar surface area (TPSA) is 146 Å². The maximum absolute atomic E-state index is 15.2. The zero-order chi connectivity index (χ0) is 28.6. The summed E-state index contributed by atoms with van der Waals surface area (Å²) < 4.78 is 21.1. The second kappa shape index (κ2) is 10.8. The van der Waals surface area contributed by atoms with E-state index in [1.807, 2.05) is 0 Å². The molecule has 5 rings (SSSR count). The Balaban J connectivity index is 1.44. The monoisotopic (exact) mass is 554 g/mol. The van der Waals surface area contributed by atoms with Crippen molar-refractivity contribution in [2.24, 2.45) is 7.05 Å². The van der Waals surface area contributed by atoms with Crippen molar-refractivity contribution in [3.8, 4) is 11.4 Å². The van der Waals surface area contributed by atoms with Crippen LogP contribution in [-0.2, 0) is 7.05 Å². The second-order valence-electron chi connectivity index (χ2n) is 10.9. The molecule has 40 heavy (non-hydrogen) atoms. The molecular formula is C25H33FN11O3+. The minimum atomic E-state index is -0.827. The molecule has 1 aromatic carbocycles. The third kappa shape index (κ3) is 5.45. The van der Waals surface area contributed by atoms with Gasteiger partial charge in [0.1, 0.15) is 12.4 Å². The van der Waals surface area contributed by atoms with Gasteiger partial charge in [-0.15, -0.1) is 0 Å². The van der Waals surface area contributed by atoms with Crippen LogP contribution in [0.3, 0.4) is 0 Å². The molecule has 0 bridgehead atoms. The van der Waals surface area contributed by atoms with Gasteiger partial charge in [0, 0.05) is 34.7 Å². The Bertz CT molecular complexity index is 1500. The van der Waals surface area contributed by atoms with Crippen LogP contribution in [0.25, 0.3) is 10.5 Å². The van der Waals surface area contributed by atoms with Crippen LogP contribution in [0.2, 0.25) is 0 Å². The van der Waals surface area contributed by atoms with E-state index in [0.29, 0.717) is 16.5 Å². The number of piperidine rings is 1. The first-order chi connectivity index (χ1) is 19.1. The Hall–Kier alpha value is -4.16. The zero-order valence-electron chi connectivity index (χ0n) is 22.9. The van der Waals surface area contributed by atoms with Crippen LogP contribution in [0, 0.1) is 17.3 Å². The molecule has 0 aliphatic carbocycles. The first kappa shape index (κ1) is 27.4. The van der Waals surface area contributed by atoms with Gasteiger partial charge in [-0.3, -0.25) is 4.90 Å². The highest BCUT2D eigenvalue weighted by molar-refractivity contribution is 5.68. The first-order valence-electron chi connectivity index (χ1n) is 13.2. The van der Waals surface area contributed by atoms with Gasteiger partial charge < -0.3 is 20.5 Å². The van der Waals surface area contributed by atoms with E-state index in [9.17, 15) is 10.0 Å². The summed E-state index contributed by atoms with van der Waals surface area (Å²) in [6.45, 7) is 14.6. The maximum Gasteiger partial charge on any atom is 0.246 e. The fourth-order valence-electron chi connectivity index (χ4n) is 5.61. The molecule has 3 aromatic rings. The molecule has 2 aliphatic rings. The first-order valence-corrected chi connectivity index (χ1v) is 13.2. The van der Waals surface area contributed by atoms with Crippen molar-refractivity contribution in [2.45, 2.75) is 70.2 Å². The van der Waals surface area contributed by atoms with Gasteiger partial charge in [0.25, 0.3) is 0 Å². The van der Waals surface area contributed by atoms with Gasteiger partial charge in [0.15, 0.2) is 21.9 Å². The van der Waals surface area contributed by atoms with Crippen LogP contribution in [0.5, 0.6) is 5.75 Å². The number of ether oxygens (including phenoxy) is 1. The normalized spacial score (nSPS) is 20.9. The number of benzene rings is 1. The fourth-order valence-corrected chi connectivity index (χ4v) is 5.61. The Morgan fingerprint density at radius 2 is 2.17 bits per heavy atom. The molecule has 4 heterocycles. The van der Waals surface area contributed by atoms with E-state index in [1.165, 1.54) is 32.7 Å². The van der Waals surface area contributed by atoms with Gasteiger partial charge in [0.2, 0.25) is 22.1 Å². The summed E-state index contributed by atoms with van der Waals surface area (Å²) in [5.74, 6) is -0.298. The van der Waals surface area contributed by atoms with Crippen LogP contribution < -0.4 is 20.0 Å². The van der Waals surface area contributed by atoms with Gasteiger partial charge in [-0.1, -0.05) is 0 Å². The number of nitrogens with one attached hydrogen (secondary N) is 2. The number of aliphatic hydroxyl groups is 1. The second-order valence-corrected chi connectivity index (χ2v) is 10.9. The third-order valence-corrected chi connectivity index (χ3v) is 7.34. The predicted octanol–water partition coefficient (Wildman–Crippen LogP) is 2.32. The molecule has 0 unspecified atom stereocenters. The van der Waals surface area contributed by atoms with Crippen LogP contribution >= 0.6 is 0 Å². The molecule has 3 atom stereocenters. The van der Waals surface area contributed by atoms with Gasteiger partial charge in [0.05, 0.1) is 25.4 Å². The highest BCUT2D eigenvalue weighted by atomic mass is 19.1. The summed E-state index contributed by atoms with van der Waals surface area (Å²) >= 11 is 0. The Labute approximate surface area is 230 Å². The number of rotatable bonds is 8. The molecule has 212 valence electrons. The van der Waals surface area contributed by atoms with Crippen LogP contribution in [0.4, 0.5) is 27.5 Å².